The van der Waals surface area contributed by atoms with Gasteiger partial charge in [0.15, 0.2) is 5.82 Å². The van der Waals surface area contributed by atoms with Crippen LogP contribution in [-0.2, 0) is 11.2 Å². The van der Waals surface area contributed by atoms with E-state index >= 15 is 0 Å². The number of ether oxygens (including phenoxy) is 1. The molecule has 0 saturated heterocycles. The summed E-state index contributed by atoms with van der Waals surface area (Å²) in [6.45, 7) is 0.269. The quantitative estimate of drug-likeness (QED) is 0.919. The number of hydrogen-bond donors (Lipinski definition) is 1. The standard InChI is InChI=1S/C12H13Cl2N3O2/c1-18-10(6-15)12-16-11(17-19-12)5-7-8(13)3-2-4-9(7)14/h2-4,10H,5-6,15H2,1H3. The van der Waals surface area contributed by atoms with Crippen LogP contribution < -0.4 is 5.73 Å². The monoisotopic (exact) mass is 301 g/mol. The van der Waals surface area contributed by atoms with E-state index in [1.54, 1.807) is 18.2 Å². The van der Waals surface area contributed by atoms with Crippen molar-refractivity contribution in [1.82, 2.24) is 10.1 Å². The van der Waals surface area contributed by atoms with Crippen LogP contribution in [0.2, 0.25) is 10.0 Å². The summed E-state index contributed by atoms with van der Waals surface area (Å²) in [5.41, 5.74) is 6.29. The number of nitrogens with zero attached hydrogens (tertiary/aromatic N) is 2. The highest BCUT2D eigenvalue weighted by Crippen LogP contribution is 2.26. The Balaban J connectivity index is 2.20. The Morgan fingerprint density at radius 1 is 1.37 bits per heavy atom. The summed E-state index contributed by atoms with van der Waals surface area (Å²) < 4.78 is 10.2. The molecule has 0 spiro atoms. The molecule has 0 aliphatic heterocycles. The molecule has 1 aromatic heterocycles. The van der Waals surface area contributed by atoms with Crippen molar-refractivity contribution in [3.63, 3.8) is 0 Å². The molecule has 2 N–H and O–H groups in total. The predicted octanol–water partition coefficient (Wildman–Crippen LogP) is 2.61. The summed E-state index contributed by atoms with van der Waals surface area (Å²) in [5, 5.41) is 5.01. The number of benzene rings is 1. The van der Waals surface area contributed by atoms with Gasteiger partial charge in [-0.1, -0.05) is 34.4 Å². The van der Waals surface area contributed by atoms with Gasteiger partial charge in [0.05, 0.1) is 0 Å². The van der Waals surface area contributed by atoms with Crippen LogP contribution in [0.15, 0.2) is 22.7 Å². The summed E-state index contributed by atoms with van der Waals surface area (Å²) in [4.78, 5) is 4.23. The van der Waals surface area contributed by atoms with Gasteiger partial charge in [-0.3, -0.25) is 0 Å². The molecule has 1 atom stereocenters. The molecule has 2 rings (SSSR count). The molecule has 1 aromatic carbocycles. The molecule has 0 aliphatic rings. The van der Waals surface area contributed by atoms with Gasteiger partial charge in [-0.2, -0.15) is 4.98 Å². The first kappa shape index (κ1) is 14.3. The van der Waals surface area contributed by atoms with E-state index in [1.165, 1.54) is 7.11 Å². The highest BCUT2D eigenvalue weighted by atomic mass is 35.5. The highest BCUT2D eigenvalue weighted by molar-refractivity contribution is 6.36. The lowest BCUT2D eigenvalue weighted by Crippen LogP contribution is -2.14. The number of methoxy groups -OCH3 is 1. The van der Waals surface area contributed by atoms with Gasteiger partial charge in [0.25, 0.3) is 5.89 Å². The van der Waals surface area contributed by atoms with Crippen molar-refractivity contribution in [3.05, 3.63) is 45.5 Å². The van der Waals surface area contributed by atoms with Crippen molar-refractivity contribution in [3.8, 4) is 0 Å². The van der Waals surface area contributed by atoms with Gasteiger partial charge in [-0.05, 0) is 17.7 Å². The Morgan fingerprint density at radius 3 is 2.63 bits per heavy atom. The van der Waals surface area contributed by atoms with Crippen molar-refractivity contribution in [2.24, 2.45) is 5.73 Å². The number of rotatable bonds is 5. The zero-order valence-corrected chi connectivity index (χ0v) is 11.8. The first-order chi connectivity index (χ1) is 9.15. The van der Waals surface area contributed by atoms with E-state index < -0.39 is 6.10 Å². The third-order valence-corrected chi connectivity index (χ3v) is 3.36. The fourth-order valence-electron chi connectivity index (χ4n) is 1.63. The van der Waals surface area contributed by atoms with Crippen LogP contribution in [0.4, 0.5) is 0 Å². The summed E-state index contributed by atoms with van der Waals surface area (Å²) in [6, 6.07) is 5.31. The molecule has 0 radical (unpaired) electrons. The minimum atomic E-state index is -0.400. The molecule has 0 amide bonds. The van der Waals surface area contributed by atoms with E-state index in [1.807, 2.05) is 0 Å². The SMILES string of the molecule is COC(CN)c1nc(Cc2c(Cl)cccc2Cl)no1. The maximum atomic E-state index is 6.09. The van der Waals surface area contributed by atoms with Gasteiger partial charge in [0, 0.05) is 30.1 Å². The zero-order chi connectivity index (χ0) is 13.8. The fraction of sp³-hybridized carbons (Fsp3) is 0.333. The Hall–Kier alpha value is -1.14. The molecule has 0 bridgehead atoms. The second-order valence-corrected chi connectivity index (χ2v) is 4.70. The topological polar surface area (TPSA) is 74.2 Å². The minimum absolute atomic E-state index is 0.269. The lowest BCUT2D eigenvalue weighted by Gasteiger charge is -2.06. The van der Waals surface area contributed by atoms with E-state index in [4.69, 9.17) is 38.2 Å². The Morgan fingerprint density at radius 2 is 2.05 bits per heavy atom. The largest absolute Gasteiger partial charge is 0.370 e. The zero-order valence-electron chi connectivity index (χ0n) is 10.3. The second-order valence-electron chi connectivity index (χ2n) is 3.89. The molecule has 1 unspecified atom stereocenters. The number of aromatic nitrogens is 2. The number of hydrogen-bond acceptors (Lipinski definition) is 5. The molecule has 5 nitrogen and oxygen atoms in total. The van der Waals surface area contributed by atoms with E-state index in [0.29, 0.717) is 28.2 Å². The molecular weight excluding hydrogens is 289 g/mol. The van der Waals surface area contributed by atoms with Crippen LogP contribution in [0.25, 0.3) is 0 Å². The van der Waals surface area contributed by atoms with Gasteiger partial charge >= 0.3 is 0 Å². The maximum absolute atomic E-state index is 6.09. The van der Waals surface area contributed by atoms with Gasteiger partial charge in [-0.15, -0.1) is 0 Å². The van der Waals surface area contributed by atoms with E-state index in [2.05, 4.69) is 10.1 Å². The fourth-order valence-corrected chi connectivity index (χ4v) is 2.16. The molecule has 19 heavy (non-hydrogen) atoms. The van der Waals surface area contributed by atoms with Crippen molar-refractivity contribution in [1.29, 1.82) is 0 Å². The van der Waals surface area contributed by atoms with Crippen LogP contribution in [0.5, 0.6) is 0 Å². The molecule has 0 fully saturated rings. The van der Waals surface area contributed by atoms with Crippen molar-refractivity contribution < 1.29 is 9.26 Å². The molecular formula is C12H13Cl2N3O2. The molecule has 0 saturated carbocycles. The van der Waals surface area contributed by atoms with E-state index in [-0.39, 0.29) is 6.54 Å². The second kappa shape index (κ2) is 6.34. The lowest BCUT2D eigenvalue weighted by atomic mass is 10.1. The van der Waals surface area contributed by atoms with Crippen LogP contribution in [0.1, 0.15) is 23.4 Å². The number of nitrogens with two attached hydrogens (primary N) is 1. The Labute approximate surface area is 120 Å². The van der Waals surface area contributed by atoms with E-state index in [0.717, 1.165) is 5.56 Å². The van der Waals surface area contributed by atoms with Gasteiger partial charge in [0.2, 0.25) is 0 Å². The van der Waals surface area contributed by atoms with Crippen molar-refractivity contribution in [2.45, 2.75) is 12.5 Å². The lowest BCUT2D eigenvalue weighted by molar-refractivity contribution is 0.0804. The smallest absolute Gasteiger partial charge is 0.257 e. The molecule has 1 heterocycles. The van der Waals surface area contributed by atoms with Crippen molar-refractivity contribution in [2.75, 3.05) is 13.7 Å². The predicted molar refractivity (Wildman–Crippen MR) is 72.4 cm³/mol. The van der Waals surface area contributed by atoms with Crippen molar-refractivity contribution >= 4 is 23.2 Å². The van der Waals surface area contributed by atoms with Crippen LogP contribution in [0.3, 0.4) is 0 Å². The third-order valence-electron chi connectivity index (χ3n) is 2.65. The first-order valence-electron chi connectivity index (χ1n) is 5.64. The van der Waals surface area contributed by atoms with Gasteiger partial charge < -0.3 is 15.0 Å². The summed E-state index contributed by atoms with van der Waals surface area (Å²) in [6.07, 6.45) is -0.00815. The molecule has 0 aliphatic carbocycles. The minimum Gasteiger partial charge on any atom is -0.370 e. The number of halogens is 2. The Bertz CT molecular complexity index is 535. The Kier molecular flexibility index (Phi) is 4.76. The molecule has 102 valence electrons. The molecule has 2 aromatic rings. The average Bonchev–Trinajstić information content (AvgIpc) is 2.84. The highest BCUT2D eigenvalue weighted by Gasteiger charge is 2.18. The summed E-state index contributed by atoms with van der Waals surface area (Å²) in [5.74, 6) is 0.837. The summed E-state index contributed by atoms with van der Waals surface area (Å²) >= 11 is 12.2. The van der Waals surface area contributed by atoms with E-state index in [9.17, 15) is 0 Å². The first-order valence-corrected chi connectivity index (χ1v) is 6.39. The van der Waals surface area contributed by atoms with Gasteiger partial charge in [-0.25, -0.2) is 0 Å². The molecule has 7 heteroatoms. The maximum Gasteiger partial charge on any atom is 0.257 e. The average molecular weight is 302 g/mol. The van der Waals surface area contributed by atoms with Gasteiger partial charge in [0.1, 0.15) is 6.10 Å². The third kappa shape index (κ3) is 3.25. The van der Waals surface area contributed by atoms with Crippen LogP contribution >= 0.6 is 23.2 Å². The normalized spacial score (nSPS) is 12.6. The van der Waals surface area contributed by atoms with Crippen LogP contribution in [0, 0.1) is 0 Å². The van der Waals surface area contributed by atoms with Crippen LogP contribution in [-0.4, -0.2) is 23.8 Å². The summed E-state index contributed by atoms with van der Waals surface area (Å²) in [7, 11) is 1.53.